The fourth-order valence-electron chi connectivity index (χ4n) is 4.59. The zero-order chi connectivity index (χ0) is 20.1. The molecular formula is C23H29NO4. The SMILES string of the molecule is CC[C@]1(C)CC(=O)c2c(ccc3oc(C(=O)N[C@@H]4CCCC[C@@H]4C)c(C)c23)O1. The highest BCUT2D eigenvalue weighted by Gasteiger charge is 2.37. The Kier molecular flexibility index (Phi) is 4.72. The third kappa shape index (κ3) is 3.11. The van der Waals surface area contributed by atoms with Crippen LogP contribution in [0.15, 0.2) is 16.5 Å². The normalized spacial score (nSPS) is 27.4. The van der Waals surface area contributed by atoms with Gasteiger partial charge in [-0.1, -0.05) is 26.7 Å². The number of hydrogen-bond donors (Lipinski definition) is 1. The first kappa shape index (κ1) is 19.0. The number of amides is 1. The van der Waals surface area contributed by atoms with Gasteiger partial charge in [-0.2, -0.15) is 0 Å². The summed E-state index contributed by atoms with van der Waals surface area (Å²) in [6.45, 7) is 8.03. The molecular weight excluding hydrogens is 354 g/mol. The minimum atomic E-state index is -0.479. The summed E-state index contributed by atoms with van der Waals surface area (Å²) in [6.07, 6.45) is 5.60. The van der Waals surface area contributed by atoms with Crippen LogP contribution in [0.2, 0.25) is 0 Å². The van der Waals surface area contributed by atoms with Crippen LogP contribution in [0.4, 0.5) is 0 Å². The number of ketones is 1. The summed E-state index contributed by atoms with van der Waals surface area (Å²) in [5, 5.41) is 3.86. The number of aryl methyl sites for hydroxylation is 1. The molecule has 2 aromatic rings. The van der Waals surface area contributed by atoms with Gasteiger partial charge in [-0.05, 0) is 51.2 Å². The molecule has 2 aliphatic rings. The zero-order valence-corrected chi connectivity index (χ0v) is 17.2. The molecule has 0 saturated heterocycles. The summed E-state index contributed by atoms with van der Waals surface area (Å²) in [7, 11) is 0. The first-order valence-electron chi connectivity index (χ1n) is 10.4. The summed E-state index contributed by atoms with van der Waals surface area (Å²) >= 11 is 0. The third-order valence-corrected chi connectivity index (χ3v) is 6.61. The van der Waals surface area contributed by atoms with Gasteiger partial charge in [-0.3, -0.25) is 9.59 Å². The Morgan fingerprint density at radius 3 is 2.75 bits per heavy atom. The second-order valence-electron chi connectivity index (χ2n) is 8.72. The van der Waals surface area contributed by atoms with Crippen molar-refractivity contribution in [3.63, 3.8) is 0 Å². The smallest absolute Gasteiger partial charge is 0.287 e. The number of rotatable bonds is 3. The monoisotopic (exact) mass is 383 g/mol. The lowest BCUT2D eigenvalue weighted by atomic mass is 9.86. The van der Waals surface area contributed by atoms with Crippen LogP contribution in [-0.4, -0.2) is 23.3 Å². The molecule has 5 heteroatoms. The average Bonchev–Trinajstić information content (AvgIpc) is 3.00. The fourth-order valence-corrected chi connectivity index (χ4v) is 4.59. The second kappa shape index (κ2) is 6.94. The van der Waals surface area contributed by atoms with Gasteiger partial charge >= 0.3 is 0 Å². The minimum absolute atomic E-state index is 0.0490. The van der Waals surface area contributed by atoms with Crippen LogP contribution in [0.25, 0.3) is 11.0 Å². The summed E-state index contributed by atoms with van der Waals surface area (Å²) in [6, 6.07) is 3.77. The van der Waals surface area contributed by atoms with Gasteiger partial charge < -0.3 is 14.5 Å². The number of hydrogen-bond acceptors (Lipinski definition) is 4. The lowest BCUT2D eigenvalue weighted by Crippen LogP contribution is -2.41. The van der Waals surface area contributed by atoms with E-state index in [0.29, 0.717) is 45.9 Å². The molecule has 1 aliphatic heterocycles. The van der Waals surface area contributed by atoms with Crippen LogP contribution in [0, 0.1) is 12.8 Å². The first-order chi connectivity index (χ1) is 13.3. The van der Waals surface area contributed by atoms with E-state index in [1.807, 2.05) is 20.8 Å². The average molecular weight is 383 g/mol. The lowest BCUT2D eigenvalue weighted by Gasteiger charge is -2.34. The first-order valence-corrected chi connectivity index (χ1v) is 10.4. The van der Waals surface area contributed by atoms with Crippen molar-refractivity contribution >= 4 is 22.7 Å². The third-order valence-electron chi connectivity index (χ3n) is 6.61. The Balaban J connectivity index is 1.71. The number of carbonyl (C=O) groups is 2. The molecule has 0 spiro atoms. The van der Waals surface area contributed by atoms with Crippen LogP contribution in [0.5, 0.6) is 5.75 Å². The van der Waals surface area contributed by atoms with Crippen LogP contribution in [0.1, 0.15) is 85.8 Å². The molecule has 1 N–H and O–H groups in total. The number of carbonyl (C=O) groups excluding carboxylic acids is 2. The Morgan fingerprint density at radius 1 is 1.29 bits per heavy atom. The van der Waals surface area contributed by atoms with Gasteiger partial charge in [0.15, 0.2) is 11.5 Å². The Morgan fingerprint density at radius 2 is 2.04 bits per heavy atom. The standard InChI is InChI=1S/C23H29NO4/c1-5-23(4)12-16(25)20-18(28-23)11-10-17-19(20)14(3)21(27-17)22(26)24-15-9-7-6-8-13(15)2/h10-11,13,15H,5-9,12H2,1-4H3,(H,24,26)/t13-,15+,23+/m0/s1. The van der Waals surface area contributed by atoms with Crippen molar-refractivity contribution < 1.29 is 18.7 Å². The van der Waals surface area contributed by atoms with E-state index in [-0.39, 0.29) is 17.7 Å². The number of furan rings is 1. The van der Waals surface area contributed by atoms with Gasteiger partial charge in [0.05, 0.1) is 12.0 Å². The lowest BCUT2D eigenvalue weighted by molar-refractivity contribution is 0.0503. The molecule has 3 atom stereocenters. The summed E-state index contributed by atoms with van der Waals surface area (Å²) in [5.41, 5.74) is 1.35. The number of fused-ring (bicyclic) bond motifs is 3. The number of benzene rings is 1. The van der Waals surface area contributed by atoms with Gasteiger partial charge in [0.25, 0.3) is 5.91 Å². The van der Waals surface area contributed by atoms with Crippen molar-refractivity contribution in [1.29, 1.82) is 0 Å². The number of nitrogens with one attached hydrogen (secondary N) is 1. The highest BCUT2D eigenvalue weighted by molar-refractivity contribution is 6.13. The molecule has 1 aromatic carbocycles. The van der Waals surface area contributed by atoms with Crippen molar-refractivity contribution in [2.45, 2.75) is 77.9 Å². The topological polar surface area (TPSA) is 68.5 Å². The highest BCUT2D eigenvalue weighted by Crippen LogP contribution is 2.41. The van der Waals surface area contributed by atoms with E-state index in [1.54, 1.807) is 12.1 Å². The molecule has 0 bridgehead atoms. The predicted octanol–water partition coefficient (Wildman–Crippen LogP) is 5.18. The summed E-state index contributed by atoms with van der Waals surface area (Å²) in [4.78, 5) is 25.9. The van der Waals surface area contributed by atoms with E-state index in [2.05, 4.69) is 12.2 Å². The van der Waals surface area contributed by atoms with E-state index in [4.69, 9.17) is 9.15 Å². The summed E-state index contributed by atoms with van der Waals surface area (Å²) < 4.78 is 12.1. The maximum absolute atomic E-state index is 12.9. The summed E-state index contributed by atoms with van der Waals surface area (Å²) in [5.74, 6) is 1.22. The van der Waals surface area contributed by atoms with Crippen molar-refractivity contribution in [3.8, 4) is 5.75 Å². The molecule has 28 heavy (non-hydrogen) atoms. The fraction of sp³-hybridized carbons (Fsp3) is 0.565. The molecule has 1 aliphatic carbocycles. The van der Waals surface area contributed by atoms with E-state index in [1.165, 1.54) is 6.42 Å². The van der Waals surface area contributed by atoms with Gasteiger partial charge in [0, 0.05) is 17.0 Å². The van der Waals surface area contributed by atoms with Gasteiger partial charge in [0.2, 0.25) is 0 Å². The van der Waals surface area contributed by atoms with Crippen molar-refractivity contribution in [2.75, 3.05) is 0 Å². The molecule has 0 radical (unpaired) electrons. The van der Waals surface area contributed by atoms with Gasteiger partial charge in [-0.15, -0.1) is 0 Å². The molecule has 0 unspecified atom stereocenters. The zero-order valence-electron chi connectivity index (χ0n) is 17.2. The van der Waals surface area contributed by atoms with Crippen LogP contribution >= 0.6 is 0 Å². The molecule has 1 fully saturated rings. The molecule has 1 saturated carbocycles. The maximum atomic E-state index is 12.9. The van der Waals surface area contributed by atoms with E-state index < -0.39 is 5.60 Å². The van der Waals surface area contributed by atoms with Crippen LogP contribution in [-0.2, 0) is 0 Å². The molecule has 2 heterocycles. The Hall–Kier alpha value is -2.30. The quantitative estimate of drug-likeness (QED) is 0.792. The molecule has 150 valence electrons. The second-order valence-corrected chi connectivity index (χ2v) is 8.72. The van der Waals surface area contributed by atoms with Crippen molar-refractivity contribution in [3.05, 3.63) is 29.0 Å². The molecule has 1 amide bonds. The minimum Gasteiger partial charge on any atom is -0.486 e. The van der Waals surface area contributed by atoms with Gasteiger partial charge in [-0.25, -0.2) is 0 Å². The largest absolute Gasteiger partial charge is 0.486 e. The Labute approximate surface area is 165 Å². The maximum Gasteiger partial charge on any atom is 0.287 e. The van der Waals surface area contributed by atoms with Crippen LogP contribution < -0.4 is 10.1 Å². The highest BCUT2D eigenvalue weighted by atomic mass is 16.5. The molecule has 5 nitrogen and oxygen atoms in total. The number of ether oxygens (including phenoxy) is 1. The molecule has 4 rings (SSSR count). The van der Waals surface area contributed by atoms with Crippen LogP contribution in [0.3, 0.4) is 0 Å². The predicted molar refractivity (Wildman–Crippen MR) is 108 cm³/mol. The number of Topliss-reactive ketones (excluding diaryl/α,β-unsaturated/α-hetero) is 1. The molecule has 1 aromatic heterocycles. The van der Waals surface area contributed by atoms with E-state index in [9.17, 15) is 9.59 Å². The Bertz CT molecular complexity index is 944. The van der Waals surface area contributed by atoms with Gasteiger partial charge in [0.1, 0.15) is 16.9 Å². The van der Waals surface area contributed by atoms with E-state index >= 15 is 0 Å². The van der Waals surface area contributed by atoms with Crippen molar-refractivity contribution in [2.24, 2.45) is 5.92 Å². The van der Waals surface area contributed by atoms with E-state index in [0.717, 1.165) is 25.7 Å². The van der Waals surface area contributed by atoms with Crippen molar-refractivity contribution in [1.82, 2.24) is 5.32 Å².